The van der Waals surface area contributed by atoms with Gasteiger partial charge >= 0.3 is 5.97 Å². The zero-order valence-corrected chi connectivity index (χ0v) is 10.3. The molecular formula is C12H13NO2S. The number of rotatable bonds is 2. The van der Waals surface area contributed by atoms with Crippen molar-refractivity contribution in [3.05, 3.63) is 29.5 Å². The first-order valence-corrected chi connectivity index (χ1v) is 6.14. The highest BCUT2D eigenvalue weighted by Crippen LogP contribution is 2.29. The summed E-state index contributed by atoms with van der Waals surface area (Å²) in [5, 5.41) is 1.08. The first-order chi connectivity index (χ1) is 7.67. The number of methoxy groups -OCH3 is 1. The van der Waals surface area contributed by atoms with Gasteiger partial charge in [-0.25, -0.2) is 4.79 Å². The second-order valence-electron chi connectivity index (χ2n) is 3.55. The number of H-pyrrole nitrogens is 1. The molecule has 2 rings (SSSR count). The molecule has 0 radical (unpaired) electrons. The molecule has 0 unspecified atom stereocenters. The summed E-state index contributed by atoms with van der Waals surface area (Å²) < 4.78 is 4.70. The van der Waals surface area contributed by atoms with Gasteiger partial charge in [0, 0.05) is 10.3 Å². The fourth-order valence-corrected chi connectivity index (χ4v) is 2.32. The number of nitrogens with one attached hydrogen (secondary N) is 1. The molecule has 1 aromatic heterocycles. The number of aromatic amines is 1. The average molecular weight is 235 g/mol. The Labute approximate surface area is 98.2 Å². The van der Waals surface area contributed by atoms with Gasteiger partial charge in [-0.3, -0.25) is 0 Å². The third kappa shape index (κ3) is 1.69. The van der Waals surface area contributed by atoms with Crippen LogP contribution in [0.2, 0.25) is 0 Å². The Morgan fingerprint density at radius 2 is 2.19 bits per heavy atom. The van der Waals surface area contributed by atoms with Crippen molar-refractivity contribution in [2.24, 2.45) is 0 Å². The first kappa shape index (κ1) is 11.1. The van der Waals surface area contributed by atoms with Crippen LogP contribution in [-0.4, -0.2) is 24.3 Å². The Kier molecular flexibility index (Phi) is 2.92. The molecule has 16 heavy (non-hydrogen) atoms. The van der Waals surface area contributed by atoms with Crippen molar-refractivity contribution in [3.8, 4) is 0 Å². The van der Waals surface area contributed by atoms with Gasteiger partial charge in [0.15, 0.2) is 0 Å². The van der Waals surface area contributed by atoms with E-state index in [0.29, 0.717) is 5.69 Å². The maximum absolute atomic E-state index is 11.4. The molecule has 0 aliphatic heterocycles. The number of fused-ring (bicyclic) bond motifs is 1. The predicted molar refractivity (Wildman–Crippen MR) is 66.2 cm³/mol. The zero-order chi connectivity index (χ0) is 11.7. The second-order valence-corrected chi connectivity index (χ2v) is 4.40. The van der Waals surface area contributed by atoms with E-state index >= 15 is 0 Å². The third-order valence-corrected chi connectivity index (χ3v) is 3.38. The standard InChI is InChI=1S/C12H13NO2S/c1-7-4-5-10(16-3)8-6-9(12(14)15-2)13-11(7)8/h4-6,13H,1-3H3. The van der Waals surface area contributed by atoms with E-state index in [2.05, 4.69) is 11.1 Å². The number of hydrogen-bond donors (Lipinski definition) is 1. The molecule has 4 heteroatoms. The lowest BCUT2D eigenvalue weighted by Crippen LogP contribution is -2.00. The van der Waals surface area contributed by atoms with E-state index in [1.807, 2.05) is 25.3 Å². The average Bonchev–Trinajstić information content (AvgIpc) is 2.74. The molecule has 0 saturated carbocycles. The van der Waals surface area contributed by atoms with E-state index in [-0.39, 0.29) is 5.97 Å². The fraction of sp³-hybridized carbons (Fsp3) is 0.250. The molecule has 0 aliphatic carbocycles. The molecule has 2 aromatic rings. The highest BCUT2D eigenvalue weighted by molar-refractivity contribution is 7.98. The quantitative estimate of drug-likeness (QED) is 0.642. The van der Waals surface area contributed by atoms with Crippen LogP contribution in [0.25, 0.3) is 10.9 Å². The Hall–Kier alpha value is -1.42. The molecule has 84 valence electrons. The summed E-state index contributed by atoms with van der Waals surface area (Å²) in [4.78, 5) is 15.7. The number of aryl methyl sites for hydroxylation is 1. The molecule has 0 bridgehead atoms. The third-order valence-electron chi connectivity index (χ3n) is 2.59. The zero-order valence-electron chi connectivity index (χ0n) is 9.46. The molecule has 0 atom stereocenters. The van der Waals surface area contributed by atoms with Crippen molar-refractivity contribution in [1.82, 2.24) is 4.98 Å². The first-order valence-electron chi connectivity index (χ1n) is 4.92. The van der Waals surface area contributed by atoms with E-state index in [0.717, 1.165) is 21.4 Å². The van der Waals surface area contributed by atoms with E-state index in [9.17, 15) is 4.79 Å². The second kappa shape index (κ2) is 4.22. The van der Waals surface area contributed by atoms with Gasteiger partial charge in [0.25, 0.3) is 0 Å². The van der Waals surface area contributed by atoms with Crippen LogP contribution in [0.3, 0.4) is 0 Å². The minimum atomic E-state index is -0.331. The Morgan fingerprint density at radius 1 is 1.44 bits per heavy atom. The molecule has 0 saturated heterocycles. The van der Waals surface area contributed by atoms with Crippen molar-refractivity contribution in [1.29, 1.82) is 0 Å². The van der Waals surface area contributed by atoms with Crippen molar-refractivity contribution in [3.63, 3.8) is 0 Å². The molecule has 0 amide bonds. The summed E-state index contributed by atoms with van der Waals surface area (Å²) in [6.45, 7) is 2.02. The Bertz CT molecular complexity index is 545. The van der Waals surface area contributed by atoms with Crippen molar-refractivity contribution in [2.45, 2.75) is 11.8 Å². The molecule has 3 nitrogen and oxygen atoms in total. The summed E-state index contributed by atoms with van der Waals surface area (Å²) in [5.74, 6) is -0.331. The number of esters is 1. The molecule has 0 aliphatic rings. The number of hydrogen-bond acceptors (Lipinski definition) is 3. The molecule has 1 aromatic carbocycles. The SMILES string of the molecule is COC(=O)c1cc2c(SC)ccc(C)c2[nH]1. The summed E-state index contributed by atoms with van der Waals surface area (Å²) in [7, 11) is 1.39. The van der Waals surface area contributed by atoms with Crippen LogP contribution < -0.4 is 0 Å². The topological polar surface area (TPSA) is 42.1 Å². The fourth-order valence-electron chi connectivity index (χ4n) is 1.73. The molecule has 0 spiro atoms. The molecular weight excluding hydrogens is 222 g/mol. The van der Waals surface area contributed by atoms with E-state index in [1.54, 1.807) is 11.8 Å². The van der Waals surface area contributed by atoms with Gasteiger partial charge < -0.3 is 9.72 Å². The van der Waals surface area contributed by atoms with Crippen LogP contribution in [0, 0.1) is 6.92 Å². The number of carbonyl (C=O) groups is 1. The van der Waals surface area contributed by atoms with Crippen molar-refractivity contribution < 1.29 is 9.53 Å². The van der Waals surface area contributed by atoms with Crippen LogP contribution in [0.4, 0.5) is 0 Å². The summed E-state index contributed by atoms with van der Waals surface area (Å²) >= 11 is 1.67. The van der Waals surface area contributed by atoms with Crippen LogP contribution in [0.15, 0.2) is 23.1 Å². The number of carbonyl (C=O) groups excluding carboxylic acids is 1. The van der Waals surface area contributed by atoms with E-state index in [1.165, 1.54) is 7.11 Å². The van der Waals surface area contributed by atoms with Gasteiger partial charge in [-0.15, -0.1) is 11.8 Å². The van der Waals surface area contributed by atoms with Gasteiger partial charge in [0.2, 0.25) is 0 Å². The van der Waals surface area contributed by atoms with E-state index in [4.69, 9.17) is 4.74 Å². The Morgan fingerprint density at radius 3 is 2.81 bits per heavy atom. The lowest BCUT2D eigenvalue weighted by Gasteiger charge is -2.00. The summed E-state index contributed by atoms with van der Waals surface area (Å²) in [6.07, 6.45) is 2.02. The summed E-state index contributed by atoms with van der Waals surface area (Å²) in [6, 6.07) is 5.96. The van der Waals surface area contributed by atoms with Crippen molar-refractivity contribution in [2.75, 3.05) is 13.4 Å². The highest BCUT2D eigenvalue weighted by Gasteiger charge is 2.12. The minimum absolute atomic E-state index is 0.331. The smallest absolute Gasteiger partial charge is 0.354 e. The molecule has 1 N–H and O–H groups in total. The number of thioether (sulfide) groups is 1. The highest BCUT2D eigenvalue weighted by atomic mass is 32.2. The van der Waals surface area contributed by atoms with Gasteiger partial charge in [0.05, 0.1) is 12.6 Å². The lowest BCUT2D eigenvalue weighted by molar-refractivity contribution is 0.0595. The largest absolute Gasteiger partial charge is 0.464 e. The molecule has 0 fully saturated rings. The van der Waals surface area contributed by atoms with Gasteiger partial charge in [-0.2, -0.15) is 0 Å². The van der Waals surface area contributed by atoms with E-state index < -0.39 is 0 Å². The lowest BCUT2D eigenvalue weighted by atomic mass is 10.2. The van der Waals surface area contributed by atoms with Crippen LogP contribution in [-0.2, 0) is 4.74 Å². The summed E-state index contributed by atoms with van der Waals surface area (Å²) in [5.41, 5.74) is 2.64. The maximum Gasteiger partial charge on any atom is 0.354 e. The predicted octanol–water partition coefficient (Wildman–Crippen LogP) is 2.98. The van der Waals surface area contributed by atoms with Gasteiger partial charge in [0.1, 0.15) is 5.69 Å². The maximum atomic E-state index is 11.4. The van der Waals surface area contributed by atoms with Crippen LogP contribution in [0.1, 0.15) is 16.1 Å². The van der Waals surface area contributed by atoms with Crippen molar-refractivity contribution >= 4 is 28.6 Å². The molecule has 1 heterocycles. The van der Waals surface area contributed by atoms with Crippen LogP contribution >= 0.6 is 11.8 Å². The van der Waals surface area contributed by atoms with Gasteiger partial charge in [-0.1, -0.05) is 6.07 Å². The van der Waals surface area contributed by atoms with Gasteiger partial charge in [-0.05, 0) is 30.9 Å². The number of ether oxygens (including phenoxy) is 1. The number of aromatic nitrogens is 1. The Balaban J connectivity index is 2.68. The monoisotopic (exact) mass is 235 g/mol. The normalized spacial score (nSPS) is 10.7. The minimum Gasteiger partial charge on any atom is -0.464 e. The number of benzene rings is 1. The van der Waals surface area contributed by atoms with Crippen LogP contribution in [0.5, 0.6) is 0 Å².